The zero-order valence-corrected chi connectivity index (χ0v) is 11.6. The molecule has 1 nitrogen and oxygen atoms in total. The Labute approximate surface area is 121 Å². The molecule has 1 N–H and O–H groups in total. The molecule has 0 aliphatic rings. The highest BCUT2D eigenvalue weighted by atomic mass is 35.5. The van der Waals surface area contributed by atoms with Crippen molar-refractivity contribution in [3.8, 4) is 0 Å². The fourth-order valence-electron chi connectivity index (χ4n) is 2.12. The summed E-state index contributed by atoms with van der Waals surface area (Å²) >= 11 is 12.1. The Bertz CT molecular complexity index is 738. The summed E-state index contributed by atoms with van der Waals surface area (Å²) in [4.78, 5) is 3.34. The van der Waals surface area contributed by atoms with Gasteiger partial charge in [0.1, 0.15) is 0 Å². The van der Waals surface area contributed by atoms with Crippen LogP contribution in [0, 0.1) is 0 Å². The Morgan fingerprint density at radius 1 is 1.00 bits per heavy atom. The zero-order chi connectivity index (χ0) is 13.4. The van der Waals surface area contributed by atoms with E-state index in [4.69, 9.17) is 23.2 Å². The number of benzene rings is 2. The van der Waals surface area contributed by atoms with Crippen molar-refractivity contribution >= 4 is 39.7 Å². The Balaban J connectivity index is 2.08. The second kappa shape index (κ2) is 4.76. The van der Waals surface area contributed by atoms with Gasteiger partial charge in [-0.3, -0.25) is 0 Å². The van der Waals surface area contributed by atoms with Crippen LogP contribution in [0.4, 0.5) is 0 Å². The van der Waals surface area contributed by atoms with Crippen LogP contribution in [0.2, 0.25) is 10.0 Å². The molecular weight excluding hydrogens is 277 g/mol. The number of nitrogens with one attached hydrogen (secondary N) is 1. The molecule has 0 radical (unpaired) electrons. The Kier molecular flexibility index (Phi) is 3.09. The molecule has 0 aliphatic carbocycles. The molecule has 3 rings (SSSR count). The van der Waals surface area contributed by atoms with Gasteiger partial charge >= 0.3 is 0 Å². The van der Waals surface area contributed by atoms with E-state index in [-0.39, 0.29) is 0 Å². The summed E-state index contributed by atoms with van der Waals surface area (Å²) in [5.41, 5.74) is 3.80. The number of aromatic amines is 1. The molecule has 3 aromatic rings. The highest BCUT2D eigenvalue weighted by Gasteiger charge is 2.09. The zero-order valence-electron chi connectivity index (χ0n) is 10.1. The van der Waals surface area contributed by atoms with Crippen molar-refractivity contribution in [2.45, 2.75) is 0 Å². The van der Waals surface area contributed by atoms with Gasteiger partial charge in [-0.1, -0.05) is 54.0 Å². The number of aromatic nitrogens is 1. The van der Waals surface area contributed by atoms with Crippen LogP contribution >= 0.6 is 23.2 Å². The van der Waals surface area contributed by atoms with Gasteiger partial charge in [-0.05, 0) is 29.8 Å². The molecule has 0 amide bonds. The number of para-hydroxylation sites is 1. The van der Waals surface area contributed by atoms with Crippen LogP contribution in [0.5, 0.6) is 0 Å². The Hall–Kier alpha value is -1.70. The van der Waals surface area contributed by atoms with Gasteiger partial charge in [0.05, 0.1) is 0 Å². The van der Waals surface area contributed by atoms with Gasteiger partial charge in [-0.25, -0.2) is 0 Å². The van der Waals surface area contributed by atoms with Crippen molar-refractivity contribution in [2.24, 2.45) is 0 Å². The molecule has 1 heterocycles. The van der Waals surface area contributed by atoms with Crippen LogP contribution in [0.3, 0.4) is 0 Å². The number of H-pyrrole nitrogens is 1. The van der Waals surface area contributed by atoms with Crippen molar-refractivity contribution in [1.29, 1.82) is 0 Å². The molecule has 3 heteroatoms. The lowest BCUT2D eigenvalue weighted by atomic mass is 10.0. The highest BCUT2D eigenvalue weighted by Crippen LogP contribution is 2.31. The molecule has 2 aromatic carbocycles. The molecule has 94 valence electrons. The van der Waals surface area contributed by atoms with E-state index in [1.807, 2.05) is 30.3 Å². The topological polar surface area (TPSA) is 15.8 Å². The van der Waals surface area contributed by atoms with Crippen molar-refractivity contribution in [2.75, 3.05) is 0 Å². The normalized spacial score (nSPS) is 10.8. The SMILES string of the molecule is C=C(c1cc2ccccc2[nH]1)c1ccc(Cl)cc1Cl. The Morgan fingerprint density at radius 3 is 2.53 bits per heavy atom. The maximum Gasteiger partial charge on any atom is 0.0499 e. The molecular formula is C16H11Cl2N. The quantitative estimate of drug-likeness (QED) is 0.637. The lowest BCUT2D eigenvalue weighted by Crippen LogP contribution is -1.87. The van der Waals surface area contributed by atoms with Crippen LogP contribution < -0.4 is 0 Å². The molecule has 0 unspecified atom stereocenters. The molecule has 0 spiro atoms. The third-order valence-corrected chi connectivity index (χ3v) is 3.66. The van der Waals surface area contributed by atoms with E-state index in [1.54, 1.807) is 6.07 Å². The summed E-state index contributed by atoms with van der Waals surface area (Å²) in [6, 6.07) is 15.6. The first-order valence-corrected chi connectivity index (χ1v) is 6.63. The smallest absolute Gasteiger partial charge is 0.0499 e. The van der Waals surface area contributed by atoms with Crippen molar-refractivity contribution < 1.29 is 0 Å². The minimum atomic E-state index is 0.608. The Morgan fingerprint density at radius 2 is 1.79 bits per heavy atom. The molecule has 1 aromatic heterocycles. The van der Waals surface area contributed by atoms with Gasteiger partial charge in [0.25, 0.3) is 0 Å². The van der Waals surface area contributed by atoms with Gasteiger partial charge in [0.2, 0.25) is 0 Å². The lowest BCUT2D eigenvalue weighted by molar-refractivity contribution is 1.39. The largest absolute Gasteiger partial charge is 0.355 e. The second-order valence-corrected chi connectivity index (χ2v) is 5.22. The van der Waals surface area contributed by atoms with E-state index in [2.05, 4.69) is 23.7 Å². The third-order valence-electron chi connectivity index (χ3n) is 3.11. The van der Waals surface area contributed by atoms with Crippen LogP contribution in [-0.4, -0.2) is 4.98 Å². The lowest BCUT2D eigenvalue weighted by Gasteiger charge is -2.06. The van der Waals surface area contributed by atoms with Crippen LogP contribution in [0.1, 0.15) is 11.3 Å². The third kappa shape index (κ3) is 2.27. The number of hydrogen-bond acceptors (Lipinski definition) is 0. The minimum Gasteiger partial charge on any atom is -0.355 e. The van der Waals surface area contributed by atoms with Crippen LogP contribution in [0.15, 0.2) is 55.1 Å². The maximum atomic E-state index is 6.21. The predicted octanol–water partition coefficient (Wildman–Crippen LogP) is 5.54. The first kappa shape index (κ1) is 12.3. The van der Waals surface area contributed by atoms with Crippen molar-refractivity contribution in [1.82, 2.24) is 4.98 Å². The van der Waals surface area contributed by atoms with E-state index >= 15 is 0 Å². The summed E-state index contributed by atoms with van der Waals surface area (Å²) in [6.45, 7) is 4.12. The predicted molar refractivity (Wildman–Crippen MR) is 82.9 cm³/mol. The molecule has 0 saturated carbocycles. The standard InChI is InChI=1S/C16H11Cl2N/c1-10(13-7-6-12(17)9-14(13)18)16-8-11-4-2-3-5-15(11)19-16/h2-9,19H,1H2. The average molecular weight is 288 g/mol. The van der Waals surface area contributed by atoms with E-state index in [9.17, 15) is 0 Å². The number of fused-ring (bicyclic) bond motifs is 1. The molecule has 0 bridgehead atoms. The summed E-state index contributed by atoms with van der Waals surface area (Å²) in [6.07, 6.45) is 0. The molecule has 0 saturated heterocycles. The maximum absolute atomic E-state index is 6.21. The molecule has 19 heavy (non-hydrogen) atoms. The summed E-state index contributed by atoms with van der Waals surface area (Å²) in [5.74, 6) is 0. The molecule has 0 fully saturated rings. The van der Waals surface area contributed by atoms with Gasteiger partial charge in [-0.2, -0.15) is 0 Å². The van der Waals surface area contributed by atoms with Crippen molar-refractivity contribution in [3.63, 3.8) is 0 Å². The fraction of sp³-hybridized carbons (Fsp3) is 0. The summed E-state index contributed by atoms with van der Waals surface area (Å²) in [5, 5.41) is 2.39. The van der Waals surface area contributed by atoms with Gasteiger partial charge in [-0.15, -0.1) is 0 Å². The fourth-order valence-corrected chi connectivity index (χ4v) is 2.64. The first-order valence-electron chi connectivity index (χ1n) is 5.87. The molecule has 0 aliphatic heterocycles. The minimum absolute atomic E-state index is 0.608. The van der Waals surface area contributed by atoms with E-state index in [1.165, 1.54) is 0 Å². The monoisotopic (exact) mass is 287 g/mol. The van der Waals surface area contributed by atoms with Crippen LogP contribution in [-0.2, 0) is 0 Å². The van der Waals surface area contributed by atoms with E-state index < -0.39 is 0 Å². The van der Waals surface area contributed by atoms with Gasteiger partial charge in [0, 0.05) is 32.2 Å². The van der Waals surface area contributed by atoms with E-state index in [0.717, 1.165) is 27.7 Å². The van der Waals surface area contributed by atoms with Gasteiger partial charge in [0.15, 0.2) is 0 Å². The second-order valence-electron chi connectivity index (χ2n) is 4.37. The average Bonchev–Trinajstić information content (AvgIpc) is 2.81. The summed E-state index contributed by atoms with van der Waals surface area (Å²) in [7, 11) is 0. The number of halogens is 2. The van der Waals surface area contributed by atoms with Crippen molar-refractivity contribution in [3.05, 3.63) is 76.4 Å². The highest BCUT2D eigenvalue weighted by molar-refractivity contribution is 6.35. The number of rotatable bonds is 2. The molecule has 0 atom stereocenters. The summed E-state index contributed by atoms with van der Waals surface area (Å²) < 4.78 is 0. The van der Waals surface area contributed by atoms with E-state index in [0.29, 0.717) is 10.0 Å². The first-order chi connectivity index (χ1) is 9.15. The number of hydrogen-bond donors (Lipinski definition) is 1. The van der Waals surface area contributed by atoms with Gasteiger partial charge < -0.3 is 4.98 Å². The van der Waals surface area contributed by atoms with Crippen LogP contribution in [0.25, 0.3) is 16.5 Å².